The maximum atomic E-state index is 12.0. The van der Waals surface area contributed by atoms with Crippen LogP contribution in [0, 0.1) is 0 Å². The average Bonchev–Trinajstić information content (AvgIpc) is 2.74. The lowest BCUT2D eigenvalue weighted by molar-refractivity contribution is -0.923. The Morgan fingerprint density at radius 2 is 0.967 bits per heavy atom. The van der Waals surface area contributed by atoms with Gasteiger partial charge >= 0.3 is 7.82 Å². The summed E-state index contributed by atoms with van der Waals surface area (Å²) in [7, 11) is -3.91. The van der Waals surface area contributed by atoms with Crippen molar-refractivity contribution >= 4 is 7.82 Å². The molecular weight excluding hydrogens is 397 g/mol. The second kappa shape index (κ2) is 19.7. The van der Waals surface area contributed by atoms with Crippen LogP contribution in [0.15, 0.2) is 0 Å². The first-order valence-corrected chi connectivity index (χ1v) is 14.4. The quantitative estimate of drug-likeness (QED) is 0.0996. The summed E-state index contributed by atoms with van der Waals surface area (Å²) in [4.78, 5) is 9.84. The second-order valence-electron chi connectivity index (χ2n) is 8.75. The number of rotatable bonds is 23. The Hall–Kier alpha value is 0.0700. The molecule has 0 amide bonds. The molecule has 0 aromatic heterocycles. The number of nitrogens with zero attached hydrogens (tertiary/aromatic N) is 1. The average molecular weight is 451 g/mol. The topological polar surface area (TPSA) is 55.8 Å². The van der Waals surface area contributed by atoms with E-state index >= 15 is 0 Å². The van der Waals surface area contributed by atoms with E-state index in [-0.39, 0.29) is 6.61 Å². The summed E-state index contributed by atoms with van der Waals surface area (Å²) in [6.45, 7) is 13.1. The van der Waals surface area contributed by atoms with Crippen molar-refractivity contribution in [2.45, 2.75) is 118 Å². The highest BCUT2D eigenvalue weighted by atomic mass is 31.2. The minimum Gasteiger partial charge on any atom is -0.322 e. The van der Waals surface area contributed by atoms with Gasteiger partial charge in [-0.25, -0.2) is 4.57 Å². The SMILES string of the molecule is CCCCCCCCCCCCCCCCOP(=O)(O)OCC[N+](CC)(CC)CC. The Morgan fingerprint density at radius 1 is 0.600 bits per heavy atom. The minimum atomic E-state index is -3.91. The molecule has 30 heavy (non-hydrogen) atoms. The second-order valence-corrected chi connectivity index (χ2v) is 10.2. The van der Waals surface area contributed by atoms with Crippen LogP contribution in [0.3, 0.4) is 0 Å². The van der Waals surface area contributed by atoms with Crippen molar-refractivity contribution in [2.24, 2.45) is 0 Å². The zero-order valence-corrected chi connectivity index (χ0v) is 21.6. The van der Waals surface area contributed by atoms with Crippen LogP contribution in [-0.2, 0) is 13.6 Å². The van der Waals surface area contributed by atoms with Gasteiger partial charge in [0.2, 0.25) is 0 Å². The predicted molar refractivity (Wildman–Crippen MR) is 129 cm³/mol. The molecule has 0 heterocycles. The maximum absolute atomic E-state index is 12.0. The first-order valence-electron chi connectivity index (χ1n) is 12.9. The Morgan fingerprint density at radius 3 is 1.37 bits per heavy atom. The Labute approximate surface area is 188 Å². The fourth-order valence-electron chi connectivity index (χ4n) is 4.01. The number of phosphoric ester groups is 1. The number of quaternary nitrogens is 1. The van der Waals surface area contributed by atoms with Crippen LogP contribution in [0.25, 0.3) is 0 Å². The number of likely N-dealkylation sites (N-methyl/N-ethyl adjacent to an activating group) is 1. The van der Waals surface area contributed by atoms with Gasteiger partial charge in [-0.2, -0.15) is 0 Å². The lowest BCUT2D eigenvalue weighted by Gasteiger charge is -2.35. The molecule has 0 aliphatic rings. The summed E-state index contributed by atoms with van der Waals surface area (Å²) in [5, 5.41) is 0. The number of phosphoric acid groups is 1. The third kappa shape index (κ3) is 16.7. The molecule has 0 saturated carbocycles. The minimum absolute atomic E-state index is 0.266. The Kier molecular flexibility index (Phi) is 19.8. The summed E-state index contributed by atoms with van der Waals surface area (Å²) >= 11 is 0. The molecular formula is C24H53NO4P+. The molecule has 0 spiro atoms. The van der Waals surface area contributed by atoms with Gasteiger partial charge < -0.3 is 9.38 Å². The molecule has 0 aliphatic carbocycles. The van der Waals surface area contributed by atoms with Crippen molar-refractivity contribution in [2.75, 3.05) is 39.4 Å². The van der Waals surface area contributed by atoms with E-state index in [1.807, 2.05) is 0 Å². The van der Waals surface area contributed by atoms with E-state index in [1.54, 1.807) is 0 Å². The van der Waals surface area contributed by atoms with Gasteiger partial charge in [0, 0.05) is 0 Å². The van der Waals surface area contributed by atoms with Crippen LogP contribution < -0.4 is 0 Å². The fourth-order valence-corrected chi connectivity index (χ4v) is 4.76. The van der Waals surface area contributed by atoms with Gasteiger partial charge in [-0.1, -0.05) is 90.4 Å². The van der Waals surface area contributed by atoms with Crippen molar-refractivity contribution in [3.63, 3.8) is 0 Å². The monoisotopic (exact) mass is 450 g/mol. The summed E-state index contributed by atoms with van der Waals surface area (Å²) in [6, 6.07) is 0. The molecule has 0 fully saturated rings. The van der Waals surface area contributed by atoms with E-state index in [0.717, 1.165) is 43.5 Å². The van der Waals surface area contributed by atoms with Gasteiger partial charge in [0.05, 0.1) is 26.2 Å². The van der Waals surface area contributed by atoms with Crippen molar-refractivity contribution in [3.05, 3.63) is 0 Å². The van der Waals surface area contributed by atoms with Crippen molar-refractivity contribution in [1.82, 2.24) is 0 Å². The smallest absolute Gasteiger partial charge is 0.322 e. The standard InChI is InChI=1S/C24H52NO4P/c1-5-9-10-11-12-13-14-15-16-17-18-19-20-21-23-28-30(26,27)29-24-22-25(6-2,7-3)8-4/h5-24H2,1-4H3/p+1. The fraction of sp³-hybridized carbons (Fsp3) is 1.00. The van der Waals surface area contributed by atoms with Gasteiger partial charge in [-0.3, -0.25) is 9.05 Å². The lowest BCUT2D eigenvalue weighted by atomic mass is 10.0. The van der Waals surface area contributed by atoms with Gasteiger partial charge in [0.25, 0.3) is 0 Å². The first-order chi connectivity index (χ1) is 14.4. The molecule has 0 aromatic carbocycles. The molecule has 182 valence electrons. The molecule has 0 aromatic rings. The zero-order valence-electron chi connectivity index (χ0n) is 20.7. The molecule has 5 nitrogen and oxygen atoms in total. The van der Waals surface area contributed by atoms with E-state index in [4.69, 9.17) is 9.05 Å². The normalized spacial score (nSPS) is 14.2. The first kappa shape index (κ1) is 30.1. The van der Waals surface area contributed by atoms with E-state index < -0.39 is 7.82 Å². The van der Waals surface area contributed by atoms with Crippen LogP contribution >= 0.6 is 7.82 Å². The molecule has 6 heteroatoms. The van der Waals surface area contributed by atoms with Crippen LogP contribution in [0.5, 0.6) is 0 Å². The molecule has 0 radical (unpaired) electrons. The van der Waals surface area contributed by atoms with Gasteiger partial charge in [0.1, 0.15) is 13.2 Å². The molecule has 1 N–H and O–H groups in total. The zero-order chi connectivity index (χ0) is 22.6. The van der Waals surface area contributed by atoms with Crippen LogP contribution in [0.1, 0.15) is 118 Å². The van der Waals surface area contributed by atoms with E-state index in [0.29, 0.717) is 6.61 Å². The molecule has 0 aliphatic heterocycles. The molecule has 0 rings (SSSR count). The number of hydrogen-bond acceptors (Lipinski definition) is 3. The van der Waals surface area contributed by atoms with Crippen molar-refractivity contribution in [1.29, 1.82) is 0 Å². The van der Waals surface area contributed by atoms with Gasteiger partial charge in [0.15, 0.2) is 0 Å². The lowest BCUT2D eigenvalue weighted by Crippen LogP contribution is -2.49. The molecule has 1 atom stereocenters. The van der Waals surface area contributed by atoms with Crippen molar-refractivity contribution < 1.29 is 23.0 Å². The van der Waals surface area contributed by atoms with Crippen molar-refractivity contribution in [3.8, 4) is 0 Å². The van der Waals surface area contributed by atoms with Crippen LogP contribution in [-0.4, -0.2) is 48.8 Å². The van der Waals surface area contributed by atoms with E-state index in [1.165, 1.54) is 77.0 Å². The highest BCUT2D eigenvalue weighted by Crippen LogP contribution is 2.43. The molecule has 0 bridgehead atoms. The van der Waals surface area contributed by atoms with Crippen LogP contribution in [0.2, 0.25) is 0 Å². The Bertz CT molecular complexity index is 408. The largest absolute Gasteiger partial charge is 0.472 e. The van der Waals surface area contributed by atoms with Gasteiger partial charge in [-0.05, 0) is 27.2 Å². The predicted octanol–water partition coefficient (Wildman–Crippen LogP) is 7.48. The molecule has 1 unspecified atom stereocenters. The van der Waals surface area contributed by atoms with Crippen LogP contribution in [0.4, 0.5) is 0 Å². The summed E-state index contributed by atoms with van der Waals surface area (Å²) in [5.41, 5.74) is 0. The third-order valence-electron chi connectivity index (χ3n) is 6.58. The Balaban J connectivity index is 3.51. The molecule has 0 saturated heterocycles. The number of unbranched alkanes of at least 4 members (excludes halogenated alkanes) is 13. The van der Waals surface area contributed by atoms with E-state index in [9.17, 15) is 9.46 Å². The number of hydrogen-bond donors (Lipinski definition) is 1. The van der Waals surface area contributed by atoms with E-state index in [2.05, 4.69) is 27.7 Å². The highest BCUT2D eigenvalue weighted by Gasteiger charge is 2.25. The maximum Gasteiger partial charge on any atom is 0.472 e. The van der Waals surface area contributed by atoms with Gasteiger partial charge in [-0.15, -0.1) is 0 Å². The third-order valence-corrected chi connectivity index (χ3v) is 7.60. The summed E-state index contributed by atoms with van der Waals surface area (Å²) in [6.07, 6.45) is 18.1. The highest BCUT2D eigenvalue weighted by molar-refractivity contribution is 7.47. The summed E-state index contributed by atoms with van der Waals surface area (Å²) < 4.78 is 23.2. The summed E-state index contributed by atoms with van der Waals surface area (Å²) in [5.74, 6) is 0.